The van der Waals surface area contributed by atoms with Gasteiger partial charge in [0.2, 0.25) is 0 Å². The van der Waals surface area contributed by atoms with Gasteiger partial charge in [-0.3, -0.25) is 0 Å². The second-order valence-electron chi connectivity index (χ2n) is 7.61. The fourth-order valence-corrected chi connectivity index (χ4v) is 4.02. The summed E-state index contributed by atoms with van der Waals surface area (Å²) in [5.74, 6) is 0.821. The summed E-state index contributed by atoms with van der Waals surface area (Å²) >= 11 is 0. The third-order valence-corrected chi connectivity index (χ3v) is 5.23. The Morgan fingerprint density at radius 2 is 2.00 bits per heavy atom. The molecule has 0 radical (unpaired) electrons. The van der Waals surface area contributed by atoms with E-state index in [-0.39, 0.29) is 12.2 Å². The molecular formula is C21H32NO3+. The summed E-state index contributed by atoms with van der Waals surface area (Å²) in [4.78, 5) is 1.50. The topological polar surface area (TPSA) is 43.1 Å². The van der Waals surface area contributed by atoms with E-state index in [1.807, 2.05) is 18.2 Å². The minimum atomic E-state index is -0.428. The van der Waals surface area contributed by atoms with Crippen molar-refractivity contribution in [3.05, 3.63) is 42.0 Å². The summed E-state index contributed by atoms with van der Waals surface area (Å²) in [5, 5.41) is 10.4. The first-order valence-electron chi connectivity index (χ1n) is 9.67. The second kappa shape index (κ2) is 8.84. The third kappa shape index (κ3) is 5.30. The highest BCUT2D eigenvalue weighted by atomic mass is 16.5. The summed E-state index contributed by atoms with van der Waals surface area (Å²) in [6.45, 7) is 9.69. The van der Waals surface area contributed by atoms with Gasteiger partial charge in [-0.05, 0) is 45.1 Å². The van der Waals surface area contributed by atoms with Crippen LogP contribution in [0.4, 0.5) is 0 Å². The first-order chi connectivity index (χ1) is 12.1. The number of benzene rings is 1. The largest absolute Gasteiger partial charge is 0.490 e. The van der Waals surface area contributed by atoms with Gasteiger partial charge in [0.1, 0.15) is 25.0 Å². The number of quaternary nitrogens is 1. The van der Waals surface area contributed by atoms with Crippen molar-refractivity contribution in [1.82, 2.24) is 0 Å². The van der Waals surface area contributed by atoms with E-state index < -0.39 is 6.10 Å². The molecule has 0 aliphatic carbocycles. The maximum atomic E-state index is 10.4. The summed E-state index contributed by atoms with van der Waals surface area (Å²) in [6.07, 6.45) is 5.39. The molecule has 4 nitrogen and oxygen atoms in total. The van der Waals surface area contributed by atoms with E-state index in [0.717, 1.165) is 30.7 Å². The van der Waals surface area contributed by atoms with Crippen LogP contribution in [0.25, 0.3) is 0 Å². The van der Waals surface area contributed by atoms with Crippen molar-refractivity contribution in [1.29, 1.82) is 0 Å². The number of likely N-dealkylation sites (tertiary alicyclic amines) is 1. The predicted molar refractivity (Wildman–Crippen MR) is 99.0 cm³/mol. The van der Waals surface area contributed by atoms with Crippen molar-refractivity contribution in [2.24, 2.45) is 0 Å². The highest BCUT2D eigenvalue weighted by molar-refractivity contribution is 5.36. The van der Waals surface area contributed by atoms with Gasteiger partial charge in [0.15, 0.2) is 0 Å². The molecule has 0 bridgehead atoms. The number of hydrogen-bond donors (Lipinski definition) is 2. The van der Waals surface area contributed by atoms with E-state index >= 15 is 0 Å². The van der Waals surface area contributed by atoms with Crippen LogP contribution in [0.2, 0.25) is 0 Å². The van der Waals surface area contributed by atoms with E-state index in [4.69, 9.17) is 9.47 Å². The van der Waals surface area contributed by atoms with Crippen molar-refractivity contribution in [2.45, 2.75) is 57.3 Å². The highest BCUT2D eigenvalue weighted by Crippen LogP contribution is 2.37. The Balaban J connectivity index is 1.58. The summed E-state index contributed by atoms with van der Waals surface area (Å²) in [5.41, 5.74) is 2.29. The van der Waals surface area contributed by atoms with Gasteiger partial charge in [-0.1, -0.05) is 30.4 Å². The fraction of sp³-hybridized carbons (Fsp3) is 0.619. The van der Waals surface area contributed by atoms with Crippen molar-refractivity contribution < 1.29 is 19.5 Å². The SMILES string of the molecule is C=C1C[C@@H](C)O[C@H](c2ccccc2OC[C@H](O)C[NH+]2CCCCC2)C1. The van der Waals surface area contributed by atoms with Crippen LogP contribution in [-0.4, -0.2) is 43.6 Å². The molecule has 2 saturated heterocycles. The first-order valence-corrected chi connectivity index (χ1v) is 9.67. The number of hydrogen-bond acceptors (Lipinski definition) is 3. The van der Waals surface area contributed by atoms with Crippen LogP contribution in [0.5, 0.6) is 5.75 Å². The average Bonchev–Trinajstić information content (AvgIpc) is 2.60. The molecule has 2 aliphatic heterocycles. The van der Waals surface area contributed by atoms with Crippen LogP contribution in [0.15, 0.2) is 36.4 Å². The Morgan fingerprint density at radius 3 is 2.76 bits per heavy atom. The lowest BCUT2D eigenvalue weighted by atomic mass is 9.95. The van der Waals surface area contributed by atoms with Crippen molar-refractivity contribution in [2.75, 3.05) is 26.2 Å². The predicted octanol–water partition coefficient (Wildman–Crippen LogP) is 2.29. The molecule has 3 rings (SSSR count). The van der Waals surface area contributed by atoms with Gasteiger partial charge in [-0.25, -0.2) is 0 Å². The number of aliphatic hydroxyl groups excluding tert-OH is 1. The molecule has 2 aliphatic rings. The number of aliphatic hydroxyl groups is 1. The normalized spacial score (nSPS) is 26.4. The Kier molecular flexibility index (Phi) is 6.51. The zero-order chi connectivity index (χ0) is 17.6. The van der Waals surface area contributed by atoms with E-state index in [1.54, 1.807) is 0 Å². The quantitative estimate of drug-likeness (QED) is 0.777. The van der Waals surface area contributed by atoms with Crippen LogP contribution in [-0.2, 0) is 4.74 Å². The molecule has 2 heterocycles. The van der Waals surface area contributed by atoms with Gasteiger partial charge >= 0.3 is 0 Å². The Bertz CT molecular complexity index is 568. The van der Waals surface area contributed by atoms with Gasteiger partial charge < -0.3 is 19.5 Å². The lowest BCUT2D eigenvalue weighted by Gasteiger charge is -2.31. The van der Waals surface area contributed by atoms with Crippen LogP contribution in [0.1, 0.15) is 50.7 Å². The van der Waals surface area contributed by atoms with Crippen LogP contribution < -0.4 is 9.64 Å². The standard InChI is InChI=1S/C21H31NO3/c1-16-12-17(2)25-21(13-16)19-8-4-5-9-20(19)24-15-18(23)14-22-10-6-3-7-11-22/h4-5,8-9,17-18,21,23H,1,3,6-7,10-15H2,2H3/p+1/t17-,18-,21+/m1/s1. The summed E-state index contributed by atoms with van der Waals surface area (Å²) in [6, 6.07) is 8.03. The minimum absolute atomic E-state index is 0.00249. The second-order valence-corrected chi connectivity index (χ2v) is 7.61. The maximum Gasteiger partial charge on any atom is 0.137 e. The molecule has 0 saturated carbocycles. The summed E-state index contributed by atoms with van der Waals surface area (Å²) in [7, 11) is 0. The third-order valence-electron chi connectivity index (χ3n) is 5.23. The molecular weight excluding hydrogens is 314 g/mol. The zero-order valence-corrected chi connectivity index (χ0v) is 15.4. The highest BCUT2D eigenvalue weighted by Gasteiger charge is 2.26. The number of rotatable bonds is 6. The number of nitrogens with one attached hydrogen (secondary N) is 1. The van der Waals surface area contributed by atoms with Crippen LogP contribution in [0, 0.1) is 0 Å². The molecule has 25 heavy (non-hydrogen) atoms. The Morgan fingerprint density at radius 1 is 1.24 bits per heavy atom. The van der Waals surface area contributed by atoms with Gasteiger partial charge in [-0.2, -0.15) is 0 Å². The summed E-state index contributed by atoms with van der Waals surface area (Å²) < 4.78 is 12.1. The monoisotopic (exact) mass is 346 g/mol. The smallest absolute Gasteiger partial charge is 0.137 e. The molecule has 3 atom stereocenters. The molecule has 138 valence electrons. The fourth-order valence-electron chi connectivity index (χ4n) is 4.02. The van der Waals surface area contributed by atoms with Crippen molar-refractivity contribution in [3.63, 3.8) is 0 Å². The molecule has 0 unspecified atom stereocenters. The minimum Gasteiger partial charge on any atom is -0.490 e. The molecule has 2 fully saturated rings. The lowest BCUT2D eigenvalue weighted by Crippen LogP contribution is -3.14. The number of piperidine rings is 1. The number of ether oxygens (including phenoxy) is 2. The molecule has 0 spiro atoms. The Labute approximate surface area is 151 Å². The van der Waals surface area contributed by atoms with Crippen LogP contribution in [0.3, 0.4) is 0 Å². The van der Waals surface area contributed by atoms with Gasteiger partial charge in [0.05, 0.1) is 25.3 Å². The average molecular weight is 346 g/mol. The zero-order valence-electron chi connectivity index (χ0n) is 15.4. The molecule has 0 aromatic heterocycles. The molecule has 1 aromatic rings. The van der Waals surface area contributed by atoms with E-state index in [0.29, 0.717) is 6.61 Å². The van der Waals surface area contributed by atoms with Crippen molar-refractivity contribution in [3.8, 4) is 5.75 Å². The lowest BCUT2D eigenvalue weighted by molar-refractivity contribution is -0.908. The van der Waals surface area contributed by atoms with Gasteiger partial charge in [0, 0.05) is 5.56 Å². The Hall–Kier alpha value is -1.36. The molecule has 0 amide bonds. The van der Waals surface area contributed by atoms with E-state index in [1.165, 1.54) is 42.8 Å². The van der Waals surface area contributed by atoms with E-state index in [9.17, 15) is 5.11 Å². The molecule has 4 heteroatoms. The van der Waals surface area contributed by atoms with E-state index in [2.05, 4.69) is 19.6 Å². The molecule has 2 N–H and O–H groups in total. The van der Waals surface area contributed by atoms with Crippen molar-refractivity contribution >= 4 is 0 Å². The molecule has 1 aromatic carbocycles. The number of para-hydroxylation sites is 1. The first kappa shape index (κ1) is 18.4. The van der Waals surface area contributed by atoms with Gasteiger partial charge in [0.25, 0.3) is 0 Å². The van der Waals surface area contributed by atoms with Gasteiger partial charge in [-0.15, -0.1) is 0 Å². The maximum absolute atomic E-state index is 10.4. The van der Waals surface area contributed by atoms with Crippen LogP contribution >= 0.6 is 0 Å².